The molecule has 1 N–H and O–H groups in total. The lowest BCUT2D eigenvalue weighted by Gasteiger charge is -2.37. The highest BCUT2D eigenvalue weighted by Crippen LogP contribution is 2.39. The highest BCUT2D eigenvalue weighted by Gasteiger charge is 2.20. The van der Waals surface area contributed by atoms with Crippen molar-refractivity contribution in [2.45, 2.75) is 13.3 Å². The highest BCUT2D eigenvalue weighted by atomic mass is 127. The molecular weight excluding hydrogens is 538 g/mol. The van der Waals surface area contributed by atoms with Crippen LogP contribution in [0.15, 0.2) is 41.4 Å². The van der Waals surface area contributed by atoms with Crippen molar-refractivity contribution in [3.8, 4) is 17.2 Å². The van der Waals surface area contributed by atoms with Crippen LogP contribution in [0.4, 0.5) is 10.1 Å². The fourth-order valence-electron chi connectivity index (χ4n) is 3.90. The molecule has 2 aromatic rings. The normalized spacial score (nSPS) is 13.9. The number of hydrogen-bond acceptors (Lipinski definition) is 5. The van der Waals surface area contributed by atoms with Gasteiger partial charge in [-0.1, -0.05) is 6.07 Å². The molecule has 0 aliphatic carbocycles. The molecule has 2 aromatic carbocycles. The Balaban J connectivity index is 0.00000385. The van der Waals surface area contributed by atoms with Crippen LogP contribution in [0, 0.1) is 5.82 Å². The average molecular weight is 572 g/mol. The molecule has 1 aliphatic heterocycles. The van der Waals surface area contributed by atoms with Gasteiger partial charge in [0.15, 0.2) is 17.5 Å². The maximum atomic E-state index is 13.2. The van der Waals surface area contributed by atoms with E-state index in [1.165, 1.54) is 12.1 Å². The van der Waals surface area contributed by atoms with Crippen molar-refractivity contribution in [2.24, 2.45) is 4.99 Å². The second-order valence-corrected chi connectivity index (χ2v) is 7.43. The molecule has 33 heavy (non-hydrogen) atoms. The minimum absolute atomic E-state index is 0. The Labute approximate surface area is 212 Å². The molecule has 0 bridgehead atoms. The first-order chi connectivity index (χ1) is 15.6. The van der Waals surface area contributed by atoms with Crippen molar-refractivity contribution < 1.29 is 18.6 Å². The number of aliphatic imine (C=N–C) groups is 1. The third-order valence-electron chi connectivity index (χ3n) is 5.53. The van der Waals surface area contributed by atoms with Crippen LogP contribution >= 0.6 is 24.0 Å². The number of rotatable bonds is 8. The van der Waals surface area contributed by atoms with Crippen LogP contribution in [0.2, 0.25) is 0 Å². The number of halogens is 2. The van der Waals surface area contributed by atoms with Gasteiger partial charge in [0, 0.05) is 50.5 Å². The number of anilines is 1. The SMILES string of the molecule is CCNC(=NCCc1ccc(OC)c(OC)c1OC)N1CCN(c2ccc(F)cc2)CC1.I. The van der Waals surface area contributed by atoms with Crippen LogP contribution in [-0.2, 0) is 6.42 Å². The third-order valence-corrected chi connectivity index (χ3v) is 5.53. The molecule has 9 heteroatoms. The van der Waals surface area contributed by atoms with Crippen molar-refractivity contribution >= 4 is 35.6 Å². The van der Waals surface area contributed by atoms with Crippen LogP contribution in [0.3, 0.4) is 0 Å². The summed E-state index contributed by atoms with van der Waals surface area (Å²) >= 11 is 0. The smallest absolute Gasteiger partial charge is 0.203 e. The van der Waals surface area contributed by atoms with Crippen LogP contribution in [-0.4, -0.2) is 71.5 Å². The molecule has 1 heterocycles. The fourth-order valence-corrected chi connectivity index (χ4v) is 3.90. The summed E-state index contributed by atoms with van der Waals surface area (Å²) in [7, 11) is 4.85. The first kappa shape index (κ1) is 26.8. The van der Waals surface area contributed by atoms with E-state index in [-0.39, 0.29) is 29.8 Å². The molecule has 0 unspecified atom stereocenters. The number of methoxy groups -OCH3 is 3. The largest absolute Gasteiger partial charge is 0.493 e. The number of nitrogens with zero attached hydrogens (tertiary/aromatic N) is 3. The zero-order chi connectivity index (χ0) is 22.9. The number of benzene rings is 2. The zero-order valence-corrected chi connectivity index (χ0v) is 22.1. The molecule has 7 nitrogen and oxygen atoms in total. The van der Waals surface area contributed by atoms with Gasteiger partial charge in [0.2, 0.25) is 5.75 Å². The Morgan fingerprint density at radius 3 is 2.18 bits per heavy atom. The number of ether oxygens (including phenoxy) is 3. The molecule has 182 valence electrons. The molecule has 0 radical (unpaired) electrons. The van der Waals surface area contributed by atoms with Crippen LogP contribution in [0.25, 0.3) is 0 Å². The molecule has 1 aliphatic rings. The van der Waals surface area contributed by atoms with Gasteiger partial charge in [-0.05, 0) is 43.7 Å². The Kier molecular flexibility index (Phi) is 10.8. The van der Waals surface area contributed by atoms with Gasteiger partial charge in [-0.3, -0.25) is 4.99 Å². The summed E-state index contributed by atoms with van der Waals surface area (Å²) in [6.07, 6.45) is 0.716. The van der Waals surface area contributed by atoms with E-state index in [4.69, 9.17) is 19.2 Å². The van der Waals surface area contributed by atoms with Crippen LogP contribution in [0.5, 0.6) is 17.2 Å². The molecule has 0 spiro atoms. The van der Waals surface area contributed by atoms with Crippen molar-refractivity contribution in [2.75, 3.05) is 65.5 Å². The standard InChI is InChI=1S/C24H33FN4O3.HI/c1-5-26-24(29-16-14-28(15-17-29)20-9-7-19(25)8-10-20)27-13-12-18-6-11-21(30-2)23(32-4)22(18)31-3;/h6-11H,5,12-17H2,1-4H3,(H,26,27);1H. The molecule has 3 rings (SSSR count). The second-order valence-electron chi connectivity index (χ2n) is 7.43. The average Bonchev–Trinajstić information content (AvgIpc) is 2.83. The number of nitrogens with one attached hydrogen (secondary N) is 1. The van der Waals surface area contributed by atoms with Crippen molar-refractivity contribution in [1.82, 2.24) is 10.2 Å². The van der Waals surface area contributed by atoms with E-state index in [1.807, 2.05) is 24.3 Å². The molecular formula is C24H34FIN4O3. The maximum Gasteiger partial charge on any atom is 0.203 e. The number of guanidine groups is 1. The van der Waals surface area contributed by atoms with Crippen molar-refractivity contribution in [1.29, 1.82) is 0 Å². The van der Waals surface area contributed by atoms with Gasteiger partial charge in [-0.2, -0.15) is 0 Å². The number of piperazine rings is 1. The molecule has 1 saturated heterocycles. The Hall–Kier alpha value is -2.43. The van der Waals surface area contributed by atoms with E-state index in [0.717, 1.165) is 49.9 Å². The molecule has 0 saturated carbocycles. The van der Waals surface area contributed by atoms with E-state index in [9.17, 15) is 4.39 Å². The zero-order valence-electron chi connectivity index (χ0n) is 19.8. The van der Waals surface area contributed by atoms with E-state index in [0.29, 0.717) is 30.2 Å². The minimum Gasteiger partial charge on any atom is -0.493 e. The van der Waals surface area contributed by atoms with Gasteiger partial charge in [0.1, 0.15) is 5.82 Å². The summed E-state index contributed by atoms with van der Waals surface area (Å²) in [6.45, 7) is 6.91. The van der Waals surface area contributed by atoms with Gasteiger partial charge in [0.05, 0.1) is 21.3 Å². The topological polar surface area (TPSA) is 58.6 Å². The molecule has 1 fully saturated rings. The van der Waals surface area contributed by atoms with Crippen molar-refractivity contribution in [3.05, 3.63) is 47.8 Å². The third kappa shape index (κ3) is 6.78. The molecule has 0 amide bonds. The Bertz CT molecular complexity index is 903. The van der Waals surface area contributed by atoms with E-state index >= 15 is 0 Å². The van der Waals surface area contributed by atoms with Gasteiger partial charge in [0.25, 0.3) is 0 Å². The molecule has 0 atom stereocenters. The lowest BCUT2D eigenvalue weighted by atomic mass is 10.1. The monoisotopic (exact) mass is 572 g/mol. The summed E-state index contributed by atoms with van der Waals surface area (Å²) in [5.41, 5.74) is 2.07. The summed E-state index contributed by atoms with van der Waals surface area (Å²) in [4.78, 5) is 9.40. The van der Waals surface area contributed by atoms with E-state index < -0.39 is 0 Å². The summed E-state index contributed by atoms with van der Waals surface area (Å²) in [6, 6.07) is 10.6. The lowest BCUT2D eigenvalue weighted by molar-refractivity contribution is 0.322. The first-order valence-electron chi connectivity index (χ1n) is 10.9. The highest BCUT2D eigenvalue weighted by molar-refractivity contribution is 14.0. The predicted molar refractivity (Wildman–Crippen MR) is 141 cm³/mol. The fraction of sp³-hybridized carbons (Fsp3) is 0.458. The van der Waals surface area contributed by atoms with Gasteiger partial charge >= 0.3 is 0 Å². The van der Waals surface area contributed by atoms with Gasteiger partial charge in [-0.25, -0.2) is 4.39 Å². The minimum atomic E-state index is -0.208. The maximum absolute atomic E-state index is 13.2. The predicted octanol–water partition coefficient (Wildman–Crippen LogP) is 3.80. The first-order valence-corrected chi connectivity index (χ1v) is 10.9. The van der Waals surface area contributed by atoms with Crippen LogP contribution in [0.1, 0.15) is 12.5 Å². The van der Waals surface area contributed by atoms with E-state index in [1.54, 1.807) is 21.3 Å². The Morgan fingerprint density at radius 1 is 0.939 bits per heavy atom. The molecule has 0 aromatic heterocycles. The Morgan fingerprint density at radius 2 is 1.61 bits per heavy atom. The summed E-state index contributed by atoms with van der Waals surface area (Å²) < 4.78 is 29.6. The summed E-state index contributed by atoms with van der Waals surface area (Å²) in [5.74, 6) is 2.62. The lowest BCUT2D eigenvalue weighted by Crippen LogP contribution is -2.52. The van der Waals surface area contributed by atoms with Gasteiger partial charge in [-0.15, -0.1) is 24.0 Å². The van der Waals surface area contributed by atoms with Gasteiger partial charge < -0.3 is 29.3 Å². The summed E-state index contributed by atoms with van der Waals surface area (Å²) in [5, 5.41) is 3.40. The second kappa shape index (κ2) is 13.3. The number of hydrogen-bond donors (Lipinski definition) is 1. The van der Waals surface area contributed by atoms with Crippen molar-refractivity contribution in [3.63, 3.8) is 0 Å². The quantitative estimate of drug-likeness (QED) is 0.295. The van der Waals surface area contributed by atoms with E-state index in [2.05, 4.69) is 22.0 Å². The van der Waals surface area contributed by atoms with Crippen LogP contribution < -0.4 is 24.4 Å².